The Hall–Kier alpha value is -3.12. The molecule has 0 aliphatic heterocycles. The topological polar surface area (TPSA) is 73.3 Å². The first kappa shape index (κ1) is 16.7. The standard InChI is InChI=1S/C18H14ClN3O3/c19-13-2-4-14(5-3-13)22-17(23)12-24-15-6-8-16(9-7-15)25-18-20-10-1-11-21-18/h1-11H,12H2,(H,22,23). The van der Waals surface area contributed by atoms with Crippen molar-refractivity contribution in [2.75, 3.05) is 11.9 Å². The van der Waals surface area contributed by atoms with E-state index in [0.717, 1.165) is 0 Å². The molecule has 0 atom stereocenters. The number of ether oxygens (including phenoxy) is 2. The van der Waals surface area contributed by atoms with Crippen LogP contribution in [0.3, 0.4) is 0 Å². The fraction of sp³-hybridized carbons (Fsp3) is 0.0556. The van der Waals surface area contributed by atoms with Crippen molar-refractivity contribution >= 4 is 23.2 Å². The Morgan fingerprint density at radius 3 is 2.28 bits per heavy atom. The molecule has 3 aromatic rings. The smallest absolute Gasteiger partial charge is 0.321 e. The van der Waals surface area contributed by atoms with E-state index in [9.17, 15) is 4.79 Å². The summed E-state index contributed by atoms with van der Waals surface area (Å²) in [5.41, 5.74) is 0.657. The Labute approximate surface area is 149 Å². The van der Waals surface area contributed by atoms with Crippen molar-refractivity contribution in [3.63, 3.8) is 0 Å². The highest BCUT2D eigenvalue weighted by Gasteiger charge is 2.05. The average Bonchev–Trinajstić information content (AvgIpc) is 2.64. The van der Waals surface area contributed by atoms with Crippen LogP contribution in [0.5, 0.6) is 17.5 Å². The summed E-state index contributed by atoms with van der Waals surface area (Å²) in [6, 6.07) is 15.6. The van der Waals surface area contributed by atoms with Gasteiger partial charge in [-0.1, -0.05) is 11.6 Å². The number of anilines is 1. The largest absolute Gasteiger partial charge is 0.484 e. The number of hydrogen-bond donors (Lipinski definition) is 1. The average molecular weight is 356 g/mol. The molecule has 0 saturated heterocycles. The summed E-state index contributed by atoms with van der Waals surface area (Å²) in [5.74, 6) is 0.858. The molecular formula is C18H14ClN3O3. The maximum atomic E-state index is 11.9. The summed E-state index contributed by atoms with van der Waals surface area (Å²) in [4.78, 5) is 19.8. The number of amides is 1. The molecule has 0 aliphatic carbocycles. The third-order valence-electron chi connectivity index (χ3n) is 3.07. The van der Waals surface area contributed by atoms with Gasteiger partial charge >= 0.3 is 6.01 Å². The molecule has 0 radical (unpaired) electrons. The number of nitrogens with one attached hydrogen (secondary N) is 1. The van der Waals surface area contributed by atoms with E-state index in [0.29, 0.717) is 22.2 Å². The Balaban J connectivity index is 1.49. The van der Waals surface area contributed by atoms with Crippen LogP contribution < -0.4 is 14.8 Å². The van der Waals surface area contributed by atoms with Crippen LogP contribution in [0.1, 0.15) is 0 Å². The number of carbonyl (C=O) groups excluding carboxylic acids is 1. The number of benzene rings is 2. The SMILES string of the molecule is O=C(COc1ccc(Oc2ncccn2)cc1)Nc1ccc(Cl)cc1. The lowest BCUT2D eigenvalue weighted by molar-refractivity contribution is -0.118. The van der Waals surface area contributed by atoms with Gasteiger partial charge in [0.2, 0.25) is 0 Å². The van der Waals surface area contributed by atoms with Crippen molar-refractivity contribution in [2.45, 2.75) is 0 Å². The van der Waals surface area contributed by atoms with Crippen molar-refractivity contribution < 1.29 is 14.3 Å². The van der Waals surface area contributed by atoms with Gasteiger partial charge in [0.25, 0.3) is 5.91 Å². The van der Waals surface area contributed by atoms with Crippen molar-refractivity contribution in [3.05, 3.63) is 72.0 Å². The minimum Gasteiger partial charge on any atom is -0.484 e. The Kier molecular flexibility index (Phi) is 5.43. The molecule has 126 valence electrons. The first-order valence-electron chi connectivity index (χ1n) is 7.42. The molecular weight excluding hydrogens is 342 g/mol. The number of aromatic nitrogens is 2. The van der Waals surface area contributed by atoms with Gasteiger partial charge in [-0.05, 0) is 54.6 Å². The minimum absolute atomic E-state index is 0.107. The number of rotatable bonds is 6. The second-order valence-electron chi connectivity index (χ2n) is 4.95. The molecule has 0 spiro atoms. The van der Waals surface area contributed by atoms with E-state index in [1.807, 2.05) is 0 Å². The van der Waals surface area contributed by atoms with Crippen LogP contribution in [0.25, 0.3) is 0 Å². The van der Waals surface area contributed by atoms with Crippen molar-refractivity contribution in [2.24, 2.45) is 0 Å². The molecule has 1 amide bonds. The number of halogens is 1. The van der Waals surface area contributed by atoms with E-state index < -0.39 is 0 Å². The lowest BCUT2D eigenvalue weighted by Crippen LogP contribution is -2.20. The fourth-order valence-corrected chi connectivity index (χ4v) is 2.05. The molecule has 0 saturated carbocycles. The normalized spacial score (nSPS) is 10.1. The lowest BCUT2D eigenvalue weighted by atomic mass is 10.3. The van der Waals surface area contributed by atoms with Gasteiger partial charge in [0.15, 0.2) is 6.61 Å². The third kappa shape index (κ3) is 5.19. The maximum absolute atomic E-state index is 11.9. The molecule has 0 unspecified atom stereocenters. The van der Waals surface area contributed by atoms with E-state index in [1.165, 1.54) is 0 Å². The first-order valence-corrected chi connectivity index (χ1v) is 7.80. The summed E-state index contributed by atoms with van der Waals surface area (Å²) in [6.07, 6.45) is 3.19. The van der Waals surface area contributed by atoms with E-state index in [2.05, 4.69) is 15.3 Å². The Morgan fingerprint density at radius 2 is 1.60 bits per heavy atom. The molecule has 25 heavy (non-hydrogen) atoms. The number of nitrogens with zero attached hydrogens (tertiary/aromatic N) is 2. The van der Waals surface area contributed by atoms with Gasteiger partial charge < -0.3 is 14.8 Å². The molecule has 1 N–H and O–H groups in total. The van der Waals surface area contributed by atoms with Crippen LogP contribution in [0.4, 0.5) is 5.69 Å². The third-order valence-corrected chi connectivity index (χ3v) is 3.32. The summed E-state index contributed by atoms with van der Waals surface area (Å²) >= 11 is 5.80. The Bertz CT molecular complexity index is 824. The van der Waals surface area contributed by atoms with E-state index in [1.54, 1.807) is 67.0 Å². The highest BCUT2D eigenvalue weighted by Crippen LogP contribution is 2.21. The fourth-order valence-electron chi connectivity index (χ4n) is 1.93. The molecule has 0 aliphatic rings. The molecule has 6 nitrogen and oxygen atoms in total. The minimum atomic E-state index is -0.264. The van der Waals surface area contributed by atoms with Crippen LogP contribution in [0, 0.1) is 0 Å². The molecule has 0 fully saturated rings. The number of carbonyl (C=O) groups is 1. The monoisotopic (exact) mass is 355 g/mol. The van der Waals surface area contributed by atoms with Crippen molar-refractivity contribution in [3.8, 4) is 17.5 Å². The van der Waals surface area contributed by atoms with Crippen molar-refractivity contribution in [1.82, 2.24) is 9.97 Å². The number of hydrogen-bond acceptors (Lipinski definition) is 5. The van der Waals surface area contributed by atoms with Gasteiger partial charge in [-0.2, -0.15) is 0 Å². The summed E-state index contributed by atoms with van der Waals surface area (Å²) in [6.45, 7) is -0.107. The molecule has 1 aromatic heterocycles. The van der Waals surface area contributed by atoms with Crippen LogP contribution in [-0.4, -0.2) is 22.5 Å². The van der Waals surface area contributed by atoms with E-state index in [-0.39, 0.29) is 18.5 Å². The highest BCUT2D eigenvalue weighted by atomic mass is 35.5. The zero-order chi connectivity index (χ0) is 17.5. The molecule has 2 aromatic carbocycles. The molecule has 1 heterocycles. The van der Waals surface area contributed by atoms with Gasteiger partial charge in [-0.25, -0.2) is 9.97 Å². The molecule has 3 rings (SSSR count). The maximum Gasteiger partial charge on any atom is 0.321 e. The van der Waals surface area contributed by atoms with Crippen molar-refractivity contribution in [1.29, 1.82) is 0 Å². The lowest BCUT2D eigenvalue weighted by Gasteiger charge is -2.08. The van der Waals surface area contributed by atoms with Crippen LogP contribution in [0.2, 0.25) is 5.02 Å². The summed E-state index contributed by atoms with van der Waals surface area (Å²) in [5, 5.41) is 3.33. The second-order valence-corrected chi connectivity index (χ2v) is 5.39. The van der Waals surface area contributed by atoms with Gasteiger partial charge in [0.1, 0.15) is 11.5 Å². The van der Waals surface area contributed by atoms with E-state index >= 15 is 0 Å². The van der Waals surface area contributed by atoms with Crippen LogP contribution in [-0.2, 0) is 4.79 Å². The van der Waals surface area contributed by atoms with Crippen LogP contribution >= 0.6 is 11.6 Å². The van der Waals surface area contributed by atoms with Gasteiger partial charge in [0.05, 0.1) is 0 Å². The Morgan fingerprint density at radius 1 is 0.960 bits per heavy atom. The molecule has 0 bridgehead atoms. The molecule has 7 heteroatoms. The predicted octanol–water partition coefficient (Wildman–Crippen LogP) is 3.94. The van der Waals surface area contributed by atoms with E-state index in [4.69, 9.17) is 21.1 Å². The summed E-state index contributed by atoms with van der Waals surface area (Å²) in [7, 11) is 0. The second kappa shape index (κ2) is 8.12. The van der Waals surface area contributed by atoms with Gasteiger partial charge in [-0.3, -0.25) is 4.79 Å². The highest BCUT2D eigenvalue weighted by molar-refractivity contribution is 6.30. The quantitative estimate of drug-likeness (QED) is 0.725. The zero-order valence-corrected chi connectivity index (χ0v) is 13.8. The zero-order valence-electron chi connectivity index (χ0n) is 13.1. The van der Waals surface area contributed by atoms with Gasteiger partial charge in [0, 0.05) is 23.1 Å². The first-order chi connectivity index (χ1) is 12.2. The predicted molar refractivity (Wildman–Crippen MR) is 94.1 cm³/mol. The summed E-state index contributed by atoms with van der Waals surface area (Å²) < 4.78 is 10.9. The van der Waals surface area contributed by atoms with Gasteiger partial charge in [-0.15, -0.1) is 0 Å². The van der Waals surface area contributed by atoms with Crippen LogP contribution in [0.15, 0.2) is 67.0 Å².